The number of hydrogen-bond donors (Lipinski definition) is 2. The van der Waals surface area contributed by atoms with Crippen LogP contribution in [0.3, 0.4) is 0 Å². The fourth-order valence-corrected chi connectivity index (χ4v) is 3.40. The minimum absolute atomic E-state index is 0.0276. The Morgan fingerprint density at radius 1 is 1.24 bits per heavy atom. The van der Waals surface area contributed by atoms with Crippen LogP contribution in [0.2, 0.25) is 0 Å². The Morgan fingerprint density at radius 3 is 2.69 bits per heavy atom. The van der Waals surface area contributed by atoms with Gasteiger partial charge in [-0.3, -0.25) is 9.69 Å². The standard InChI is InChI=1S/C19H24F3N5O2/c1-25(2)17(28)11-27-8-5-13-9-14(3-4-16(13)27)23-18(29)24-15-6-7-26(10-15)12-19(20,21)22/h3-5,8-9,15H,6-7,10-12H2,1-2H3,(H2,23,24,29). The van der Waals surface area contributed by atoms with Gasteiger partial charge in [-0.25, -0.2) is 4.79 Å². The largest absolute Gasteiger partial charge is 0.401 e. The molecule has 1 aromatic heterocycles. The lowest BCUT2D eigenvalue weighted by Crippen LogP contribution is -2.41. The molecule has 1 aliphatic heterocycles. The van der Waals surface area contributed by atoms with E-state index >= 15 is 0 Å². The zero-order valence-corrected chi connectivity index (χ0v) is 16.3. The predicted octanol–water partition coefficient (Wildman–Crippen LogP) is 2.49. The summed E-state index contributed by atoms with van der Waals surface area (Å²) < 4.78 is 39.2. The van der Waals surface area contributed by atoms with Gasteiger partial charge in [-0.15, -0.1) is 0 Å². The zero-order chi connectivity index (χ0) is 21.2. The van der Waals surface area contributed by atoms with Gasteiger partial charge in [0.15, 0.2) is 0 Å². The third-order valence-electron chi connectivity index (χ3n) is 4.84. The maximum Gasteiger partial charge on any atom is 0.401 e. The molecule has 0 radical (unpaired) electrons. The Morgan fingerprint density at radius 2 is 2.00 bits per heavy atom. The summed E-state index contributed by atoms with van der Waals surface area (Å²) in [5, 5.41) is 6.30. The molecular formula is C19H24F3N5O2. The van der Waals surface area contributed by atoms with Crippen LogP contribution in [0.4, 0.5) is 23.7 Å². The van der Waals surface area contributed by atoms with Crippen LogP contribution in [0.1, 0.15) is 6.42 Å². The highest BCUT2D eigenvalue weighted by Gasteiger charge is 2.34. The number of rotatable bonds is 5. The number of amides is 3. The number of alkyl halides is 3. The summed E-state index contributed by atoms with van der Waals surface area (Å²) in [6, 6.07) is 6.41. The van der Waals surface area contributed by atoms with E-state index in [9.17, 15) is 22.8 Å². The van der Waals surface area contributed by atoms with Crippen LogP contribution in [0.15, 0.2) is 30.5 Å². The number of carbonyl (C=O) groups excluding carboxylic acids is 2. The zero-order valence-electron chi connectivity index (χ0n) is 16.3. The molecule has 2 aromatic rings. The summed E-state index contributed by atoms with van der Waals surface area (Å²) in [6.07, 6.45) is -1.95. The molecule has 0 aliphatic carbocycles. The molecule has 158 valence electrons. The SMILES string of the molecule is CN(C)C(=O)Cn1ccc2cc(NC(=O)NC3CCN(CC(F)(F)F)C3)ccc21. The molecule has 0 spiro atoms. The van der Waals surface area contributed by atoms with Gasteiger partial charge in [0.2, 0.25) is 5.91 Å². The highest BCUT2D eigenvalue weighted by Crippen LogP contribution is 2.22. The molecule has 1 aliphatic rings. The summed E-state index contributed by atoms with van der Waals surface area (Å²) in [5.74, 6) is -0.0276. The van der Waals surface area contributed by atoms with Gasteiger partial charge in [0.25, 0.3) is 0 Å². The molecule has 1 unspecified atom stereocenters. The van der Waals surface area contributed by atoms with Crippen LogP contribution in [0.5, 0.6) is 0 Å². The lowest BCUT2D eigenvalue weighted by molar-refractivity contribution is -0.143. The van der Waals surface area contributed by atoms with Crippen molar-refractivity contribution < 1.29 is 22.8 Å². The first-order valence-electron chi connectivity index (χ1n) is 9.26. The van der Waals surface area contributed by atoms with E-state index in [1.807, 2.05) is 22.9 Å². The second kappa shape index (κ2) is 8.32. The number of benzene rings is 1. The lowest BCUT2D eigenvalue weighted by Gasteiger charge is -2.18. The van der Waals surface area contributed by atoms with Crippen molar-refractivity contribution in [3.8, 4) is 0 Å². The van der Waals surface area contributed by atoms with Crippen molar-refractivity contribution in [2.45, 2.75) is 25.2 Å². The van der Waals surface area contributed by atoms with E-state index in [1.165, 1.54) is 9.80 Å². The number of carbonyl (C=O) groups is 2. The molecule has 2 heterocycles. The Hall–Kier alpha value is -2.75. The first-order chi connectivity index (χ1) is 13.6. The third kappa shape index (κ3) is 5.63. The topological polar surface area (TPSA) is 69.6 Å². The fraction of sp³-hybridized carbons (Fsp3) is 0.474. The van der Waals surface area contributed by atoms with E-state index in [1.54, 1.807) is 26.2 Å². The number of hydrogen-bond acceptors (Lipinski definition) is 3. The number of halogens is 3. The second-order valence-corrected chi connectivity index (χ2v) is 7.44. The number of urea groups is 1. The number of anilines is 1. The molecule has 1 saturated heterocycles. The van der Waals surface area contributed by atoms with Gasteiger partial charge in [0, 0.05) is 56.0 Å². The van der Waals surface area contributed by atoms with Crippen LogP contribution < -0.4 is 10.6 Å². The first-order valence-corrected chi connectivity index (χ1v) is 9.26. The van der Waals surface area contributed by atoms with Gasteiger partial charge in [-0.2, -0.15) is 13.2 Å². The Bertz CT molecular complexity index is 894. The van der Waals surface area contributed by atoms with Crippen molar-refractivity contribution >= 4 is 28.5 Å². The molecule has 3 amide bonds. The molecule has 1 atom stereocenters. The van der Waals surface area contributed by atoms with Gasteiger partial charge in [-0.05, 0) is 30.7 Å². The van der Waals surface area contributed by atoms with Crippen LogP contribution in [0, 0.1) is 0 Å². The number of fused-ring (bicyclic) bond motifs is 1. The molecule has 1 fully saturated rings. The van der Waals surface area contributed by atoms with E-state index in [0.29, 0.717) is 18.7 Å². The maximum absolute atomic E-state index is 12.5. The molecule has 10 heteroatoms. The Labute approximate surface area is 166 Å². The summed E-state index contributed by atoms with van der Waals surface area (Å²) in [7, 11) is 3.39. The summed E-state index contributed by atoms with van der Waals surface area (Å²) in [4.78, 5) is 26.9. The Kier molecular flexibility index (Phi) is 6.02. The minimum atomic E-state index is -4.24. The van der Waals surface area contributed by atoms with Crippen molar-refractivity contribution in [1.29, 1.82) is 0 Å². The maximum atomic E-state index is 12.5. The summed E-state index contributed by atoms with van der Waals surface area (Å²) in [5.41, 5.74) is 1.43. The van der Waals surface area contributed by atoms with E-state index in [4.69, 9.17) is 0 Å². The van der Waals surface area contributed by atoms with E-state index in [0.717, 1.165) is 10.9 Å². The predicted molar refractivity (Wildman–Crippen MR) is 104 cm³/mol. The van der Waals surface area contributed by atoms with Crippen molar-refractivity contribution in [2.24, 2.45) is 0 Å². The normalized spacial score (nSPS) is 17.5. The highest BCUT2D eigenvalue weighted by atomic mass is 19.4. The quantitative estimate of drug-likeness (QED) is 0.794. The average Bonchev–Trinajstić information content (AvgIpc) is 3.20. The molecule has 0 bridgehead atoms. The summed E-state index contributed by atoms with van der Waals surface area (Å²) in [6.45, 7) is -0.263. The molecule has 29 heavy (non-hydrogen) atoms. The van der Waals surface area contributed by atoms with Crippen molar-refractivity contribution in [3.05, 3.63) is 30.5 Å². The van der Waals surface area contributed by atoms with Gasteiger partial charge >= 0.3 is 12.2 Å². The monoisotopic (exact) mass is 411 g/mol. The van der Waals surface area contributed by atoms with Crippen molar-refractivity contribution in [3.63, 3.8) is 0 Å². The Balaban J connectivity index is 1.56. The summed E-state index contributed by atoms with van der Waals surface area (Å²) >= 11 is 0. The number of likely N-dealkylation sites (N-methyl/N-ethyl adjacent to an activating group) is 1. The van der Waals surface area contributed by atoms with E-state index in [2.05, 4.69) is 10.6 Å². The fourth-order valence-electron chi connectivity index (χ4n) is 3.40. The molecule has 2 N–H and O–H groups in total. The van der Waals surface area contributed by atoms with Gasteiger partial charge in [0.05, 0.1) is 6.54 Å². The van der Waals surface area contributed by atoms with Crippen LogP contribution in [0.25, 0.3) is 10.9 Å². The van der Waals surface area contributed by atoms with Gasteiger partial charge < -0.3 is 20.1 Å². The third-order valence-corrected chi connectivity index (χ3v) is 4.84. The van der Waals surface area contributed by atoms with E-state index < -0.39 is 18.8 Å². The number of likely N-dealkylation sites (tertiary alicyclic amines) is 1. The molecule has 3 rings (SSSR count). The number of nitrogens with one attached hydrogen (secondary N) is 2. The minimum Gasteiger partial charge on any atom is -0.347 e. The second-order valence-electron chi connectivity index (χ2n) is 7.44. The van der Waals surface area contributed by atoms with Gasteiger partial charge in [0.1, 0.15) is 6.54 Å². The molecule has 7 nitrogen and oxygen atoms in total. The van der Waals surface area contributed by atoms with Gasteiger partial charge in [-0.1, -0.05) is 0 Å². The van der Waals surface area contributed by atoms with E-state index in [-0.39, 0.29) is 25.0 Å². The smallest absolute Gasteiger partial charge is 0.347 e. The van der Waals surface area contributed by atoms with Crippen LogP contribution >= 0.6 is 0 Å². The average molecular weight is 411 g/mol. The molecular weight excluding hydrogens is 387 g/mol. The van der Waals surface area contributed by atoms with Crippen LogP contribution in [-0.2, 0) is 11.3 Å². The van der Waals surface area contributed by atoms with Crippen molar-refractivity contribution in [1.82, 2.24) is 19.7 Å². The first kappa shape index (κ1) is 21.0. The molecule has 0 saturated carbocycles. The lowest BCUT2D eigenvalue weighted by atomic mass is 10.2. The number of nitrogens with zero attached hydrogens (tertiary/aromatic N) is 3. The highest BCUT2D eigenvalue weighted by molar-refractivity contribution is 5.93. The number of aromatic nitrogens is 1. The molecule has 1 aromatic carbocycles. The van der Waals surface area contributed by atoms with Crippen molar-refractivity contribution in [2.75, 3.05) is 39.0 Å². The van der Waals surface area contributed by atoms with Crippen LogP contribution in [-0.4, -0.2) is 72.3 Å².